The van der Waals surface area contributed by atoms with Gasteiger partial charge in [-0.15, -0.1) is 0 Å². The summed E-state index contributed by atoms with van der Waals surface area (Å²) in [5.41, 5.74) is 6.25. The summed E-state index contributed by atoms with van der Waals surface area (Å²) in [6.07, 6.45) is 2.35. The first kappa shape index (κ1) is 10.0. The lowest BCUT2D eigenvalue weighted by molar-refractivity contribution is -0.0789. The van der Waals surface area contributed by atoms with E-state index in [4.69, 9.17) is 20.3 Å². The van der Waals surface area contributed by atoms with Gasteiger partial charge in [0.15, 0.2) is 0 Å². The first-order valence-electron chi connectivity index (χ1n) is 4.74. The maximum atomic E-state index is 9.15. The maximum absolute atomic E-state index is 9.15. The van der Waals surface area contributed by atoms with Crippen LogP contribution >= 0.6 is 0 Å². The molecule has 4 heteroatoms. The number of nitrogen functional groups attached to an aromatic ring is 1. The zero-order valence-electron chi connectivity index (χ0n) is 8.17. The number of hydrogen-bond donors (Lipinski definition) is 2. The third-order valence-corrected chi connectivity index (χ3v) is 2.03. The van der Waals surface area contributed by atoms with E-state index in [-0.39, 0.29) is 6.61 Å². The van der Waals surface area contributed by atoms with Crippen LogP contribution in [0.4, 0.5) is 5.69 Å². The van der Waals surface area contributed by atoms with E-state index in [2.05, 4.69) is 0 Å². The molecule has 0 bridgehead atoms. The molecule has 2 rings (SSSR count). The van der Waals surface area contributed by atoms with Gasteiger partial charge in [-0.1, -0.05) is 12.1 Å². The second-order valence-electron chi connectivity index (χ2n) is 3.34. The van der Waals surface area contributed by atoms with Crippen LogP contribution in [0.5, 0.6) is 5.75 Å². The van der Waals surface area contributed by atoms with Crippen LogP contribution in [0.1, 0.15) is 0 Å². The van der Waals surface area contributed by atoms with Gasteiger partial charge in [0.2, 0.25) is 6.29 Å². The summed E-state index contributed by atoms with van der Waals surface area (Å²) < 4.78 is 10.7. The summed E-state index contributed by atoms with van der Waals surface area (Å²) in [4.78, 5) is 0. The van der Waals surface area contributed by atoms with Crippen molar-refractivity contribution in [3.63, 3.8) is 0 Å². The summed E-state index contributed by atoms with van der Waals surface area (Å²) in [6.45, 7) is 0.253. The van der Waals surface area contributed by atoms with Crippen molar-refractivity contribution >= 4 is 5.69 Å². The Kier molecular flexibility index (Phi) is 2.89. The maximum Gasteiger partial charge on any atom is 0.219 e. The molecule has 1 aromatic rings. The van der Waals surface area contributed by atoms with Crippen molar-refractivity contribution in [2.24, 2.45) is 0 Å². The van der Waals surface area contributed by atoms with Crippen LogP contribution in [0.25, 0.3) is 0 Å². The lowest BCUT2D eigenvalue weighted by atomic mass is 10.3. The predicted octanol–water partition coefficient (Wildman–Crippen LogP) is 0.921. The largest absolute Gasteiger partial charge is 0.461 e. The smallest absolute Gasteiger partial charge is 0.219 e. The predicted molar refractivity (Wildman–Crippen MR) is 56.4 cm³/mol. The van der Waals surface area contributed by atoms with Gasteiger partial charge in [-0.25, -0.2) is 0 Å². The number of anilines is 1. The Labute approximate surface area is 87.9 Å². The molecule has 1 aliphatic rings. The van der Waals surface area contributed by atoms with Crippen molar-refractivity contribution in [1.29, 1.82) is 0 Å². The Morgan fingerprint density at radius 2 is 2.27 bits per heavy atom. The van der Waals surface area contributed by atoms with Crippen LogP contribution in [0.15, 0.2) is 36.4 Å². The zero-order chi connectivity index (χ0) is 10.7. The van der Waals surface area contributed by atoms with Crippen molar-refractivity contribution in [1.82, 2.24) is 0 Å². The molecule has 0 fully saturated rings. The second-order valence-corrected chi connectivity index (χ2v) is 3.34. The van der Waals surface area contributed by atoms with Crippen LogP contribution in [0, 0.1) is 0 Å². The highest BCUT2D eigenvalue weighted by molar-refractivity contribution is 5.43. The van der Waals surface area contributed by atoms with E-state index in [0.717, 1.165) is 0 Å². The molecule has 0 radical (unpaired) electrons. The average molecular weight is 207 g/mol. The van der Waals surface area contributed by atoms with Crippen molar-refractivity contribution in [2.45, 2.75) is 12.4 Å². The third kappa shape index (κ3) is 2.71. The number of rotatable bonds is 2. The molecule has 80 valence electrons. The third-order valence-electron chi connectivity index (χ3n) is 2.03. The van der Waals surface area contributed by atoms with Gasteiger partial charge in [-0.05, 0) is 18.2 Å². The Bertz CT molecular complexity index is 365. The fourth-order valence-electron chi connectivity index (χ4n) is 1.32. The molecular formula is C11H13NO3. The van der Waals surface area contributed by atoms with Crippen molar-refractivity contribution in [3.05, 3.63) is 36.4 Å². The van der Waals surface area contributed by atoms with Gasteiger partial charge < -0.3 is 20.3 Å². The molecule has 1 heterocycles. The van der Waals surface area contributed by atoms with Crippen LogP contribution in [-0.4, -0.2) is 24.1 Å². The molecule has 0 aromatic heterocycles. The number of benzene rings is 1. The molecule has 4 nitrogen and oxygen atoms in total. The molecule has 1 aliphatic heterocycles. The molecular weight excluding hydrogens is 194 g/mol. The minimum Gasteiger partial charge on any atom is -0.461 e. The molecule has 0 amide bonds. The normalized spacial score (nSPS) is 25.1. The zero-order valence-corrected chi connectivity index (χ0v) is 8.17. The van der Waals surface area contributed by atoms with Gasteiger partial charge in [0.25, 0.3) is 0 Å². The quantitative estimate of drug-likeness (QED) is 0.559. The number of aliphatic hydroxyl groups excluding tert-OH is 1. The van der Waals surface area contributed by atoms with E-state index in [1.54, 1.807) is 30.4 Å². The van der Waals surface area contributed by atoms with Gasteiger partial charge >= 0.3 is 0 Å². The lowest BCUT2D eigenvalue weighted by Gasteiger charge is -2.21. The molecule has 2 atom stereocenters. The Balaban J connectivity index is 2.00. The minimum atomic E-state index is -0.536. The summed E-state index contributed by atoms with van der Waals surface area (Å²) in [7, 11) is 0. The molecule has 0 saturated heterocycles. The van der Waals surface area contributed by atoms with E-state index >= 15 is 0 Å². The molecule has 0 aliphatic carbocycles. The van der Waals surface area contributed by atoms with Gasteiger partial charge in [0, 0.05) is 11.8 Å². The molecule has 3 N–H and O–H groups in total. The van der Waals surface area contributed by atoms with Crippen LogP contribution in [0.3, 0.4) is 0 Å². The summed E-state index contributed by atoms with van der Waals surface area (Å²) in [5.74, 6) is 0.654. The van der Waals surface area contributed by atoms with E-state index in [1.165, 1.54) is 0 Å². The average Bonchev–Trinajstić information content (AvgIpc) is 2.22. The number of hydrogen-bond acceptors (Lipinski definition) is 4. The Hall–Kier alpha value is -1.52. The summed E-state index contributed by atoms with van der Waals surface area (Å²) in [6, 6.07) is 7.13. The van der Waals surface area contributed by atoms with Crippen molar-refractivity contribution in [2.75, 3.05) is 12.3 Å². The summed E-state index contributed by atoms with van der Waals surface area (Å²) in [5, 5.41) is 9.15. The fraction of sp³-hybridized carbons (Fsp3) is 0.273. The molecule has 0 unspecified atom stereocenters. The van der Waals surface area contributed by atoms with Crippen LogP contribution in [0.2, 0.25) is 0 Å². The van der Waals surface area contributed by atoms with Gasteiger partial charge in [-0.2, -0.15) is 0 Å². The van der Waals surface area contributed by atoms with Crippen LogP contribution in [-0.2, 0) is 4.74 Å². The van der Waals surface area contributed by atoms with Crippen molar-refractivity contribution in [3.8, 4) is 5.75 Å². The van der Waals surface area contributed by atoms with Gasteiger partial charge in [-0.3, -0.25) is 0 Å². The Morgan fingerprint density at radius 1 is 1.40 bits per heavy atom. The SMILES string of the molecule is Nc1cccc(O[C@H]2C=C[C@@H](O)CO2)c1. The van der Waals surface area contributed by atoms with Crippen molar-refractivity contribution < 1.29 is 14.6 Å². The van der Waals surface area contributed by atoms with E-state index in [1.807, 2.05) is 6.07 Å². The standard InChI is InChI=1S/C11H13NO3/c12-8-2-1-3-10(6-8)15-11-5-4-9(13)7-14-11/h1-6,9,11,13H,7,12H2/t9-,11+/m1/s1. The first-order chi connectivity index (χ1) is 7.24. The molecule has 0 saturated carbocycles. The highest BCUT2D eigenvalue weighted by atomic mass is 16.7. The van der Waals surface area contributed by atoms with Crippen LogP contribution < -0.4 is 10.5 Å². The lowest BCUT2D eigenvalue weighted by Crippen LogP contribution is -2.28. The van der Waals surface area contributed by atoms with E-state index in [9.17, 15) is 0 Å². The molecule has 15 heavy (non-hydrogen) atoms. The highest BCUT2D eigenvalue weighted by Crippen LogP contribution is 2.18. The Morgan fingerprint density at radius 3 is 2.93 bits per heavy atom. The highest BCUT2D eigenvalue weighted by Gasteiger charge is 2.14. The number of aliphatic hydroxyl groups is 1. The number of ether oxygens (including phenoxy) is 2. The van der Waals surface area contributed by atoms with E-state index in [0.29, 0.717) is 11.4 Å². The topological polar surface area (TPSA) is 64.7 Å². The minimum absolute atomic E-state index is 0.253. The molecule has 1 aromatic carbocycles. The second kappa shape index (κ2) is 4.33. The van der Waals surface area contributed by atoms with Gasteiger partial charge in [0.05, 0.1) is 12.7 Å². The molecule has 0 spiro atoms. The van der Waals surface area contributed by atoms with Gasteiger partial charge in [0.1, 0.15) is 5.75 Å². The monoisotopic (exact) mass is 207 g/mol. The first-order valence-corrected chi connectivity index (χ1v) is 4.74. The van der Waals surface area contributed by atoms with E-state index < -0.39 is 12.4 Å². The summed E-state index contributed by atoms with van der Waals surface area (Å²) >= 11 is 0. The number of nitrogens with two attached hydrogens (primary N) is 1. The fourth-order valence-corrected chi connectivity index (χ4v) is 1.32.